The first-order valence-corrected chi connectivity index (χ1v) is 7.78. The number of alkyl halides is 1. The topological polar surface area (TPSA) is 9.23 Å². The summed E-state index contributed by atoms with van der Waals surface area (Å²) >= 11 is 3.59. The molecule has 0 N–H and O–H groups in total. The van der Waals surface area contributed by atoms with Gasteiger partial charge in [0, 0.05) is 16.3 Å². The Morgan fingerprint density at radius 2 is 1.63 bits per heavy atom. The molecule has 0 heterocycles. The van der Waals surface area contributed by atoms with Gasteiger partial charge in [0.2, 0.25) is 0 Å². The fourth-order valence-corrected chi connectivity index (χ4v) is 2.90. The van der Waals surface area contributed by atoms with Gasteiger partial charge in [-0.05, 0) is 24.5 Å². The summed E-state index contributed by atoms with van der Waals surface area (Å²) in [5.41, 5.74) is 2.76. The van der Waals surface area contributed by atoms with Gasteiger partial charge < -0.3 is 4.74 Å². The van der Waals surface area contributed by atoms with E-state index < -0.39 is 0 Å². The van der Waals surface area contributed by atoms with Crippen molar-refractivity contribution in [3.63, 3.8) is 0 Å². The summed E-state index contributed by atoms with van der Waals surface area (Å²) in [5, 5.41) is 1.04. The molecule has 0 saturated heterocycles. The van der Waals surface area contributed by atoms with E-state index in [0.717, 1.165) is 17.7 Å². The predicted molar refractivity (Wildman–Crippen MR) is 82.8 cm³/mol. The van der Waals surface area contributed by atoms with Gasteiger partial charge in [-0.2, -0.15) is 0 Å². The molecule has 0 aliphatic heterocycles. The minimum atomic E-state index is 0.379. The molecule has 2 aromatic rings. The molecule has 0 atom stereocenters. The van der Waals surface area contributed by atoms with Crippen molar-refractivity contribution in [3.8, 4) is 16.9 Å². The zero-order valence-corrected chi connectivity index (χ0v) is 12.4. The average Bonchev–Trinajstić information content (AvgIpc) is 3.27. The first-order valence-electron chi connectivity index (χ1n) is 6.66. The molecular weight excluding hydrogens is 300 g/mol. The Morgan fingerprint density at radius 1 is 0.947 bits per heavy atom. The van der Waals surface area contributed by atoms with Crippen LogP contribution in [0.1, 0.15) is 12.8 Å². The number of hydrogen-bond donors (Lipinski definition) is 0. The Balaban J connectivity index is 1.82. The lowest BCUT2D eigenvalue weighted by Gasteiger charge is -2.16. The second-order valence-corrected chi connectivity index (χ2v) is 5.85. The molecule has 1 fully saturated rings. The van der Waals surface area contributed by atoms with Gasteiger partial charge in [0.25, 0.3) is 0 Å². The zero-order valence-electron chi connectivity index (χ0n) is 10.8. The third-order valence-electron chi connectivity index (χ3n) is 3.75. The second kappa shape index (κ2) is 5.38. The van der Waals surface area contributed by atoms with Gasteiger partial charge in [-0.3, -0.25) is 0 Å². The van der Waals surface area contributed by atoms with Gasteiger partial charge in [-0.15, -0.1) is 0 Å². The molecule has 1 aliphatic rings. The average molecular weight is 317 g/mol. The van der Waals surface area contributed by atoms with Crippen LogP contribution in [-0.2, 0) is 0 Å². The van der Waals surface area contributed by atoms with Gasteiger partial charge in [-0.25, -0.2) is 0 Å². The summed E-state index contributed by atoms with van der Waals surface area (Å²) in [4.78, 5) is 0. The highest BCUT2D eigenvalue weighted by Gasteiger charge is 2.42. The lowest BCUT2D eigenvalue weighted by atomic mass is 10.0. The highest BCUT2D eigenvalue weighted by atomic mass is 79.9. The first kappa shape index (κ1) is 12.7. The van der Waals surface area contributed by atoms with Gasteiger partial charge >= 0.3 is 0 Å². The van der Waals surface area contributed by atoms with Crippen molar-refractivity contribution in [3.05, 3.63) is 54.6 Å². The number of para-hydroxylation sites is 1. The minimum absolute atomic E-state index is 0.379. The molecule has 0 amide bonds. The molecule has 19 heavy (non-hydrogen) atoms. The molecule has 0 radical (unpaired) electrons. The molecule has 0 aromatic heterocycles. The van der Waals surface area contributed by atoms with Crippen LogP contribution < -0.4 is 4.74 Å². The number of benzene rings is 2. The van der Waals surface area contributed by atoms with Crippen molar-refractivity contribution in [2.45, 2.75) is 12.8 Å². The molecule has 0 bridgehead atoms. The fourth-order valence-electron chi connectivity index (χ4n) is 2.17. The molecule has 0 unspecified atom stereocenters. The summed E-state index contributed by atoms with van der Waals surface area (Å²) in [6, 6.07) is 18.7. The third-order valence-corrected chi connectivity index (χ3v) is 4.94. The van der Waals surface area contributed by atoms with E-state index in [-0.39, 0.29) is 0 Å². The van der Waals surface area contributed by atoms with Crippen LogP contribution in [0.4, 0.5) is 0 Å². The van der Waals surface area contributed by atoms with Crippen LogP contribution in [0.25, 0.3) is 11.1 Å². The largest absolute Gasteiger partial charge is 0.492 e. The van der Waals surface area contributed by atoms with Crippen molar-refractivity contribution >= 4 is 15.9 Å². The number of rotatable bonds is 5. The van der Waals surface area contributed by atoms with Gasteiger partial charge in [0.1, 0.15) is 5.75 Å². The Labute approximate surface area is 122 Å². The van der Waals surface area contributed by atoms with Crippen LogP contribution in [-0.4, -0.2) is 11.9 Å². The van der Waals surface area contributed by atoms with Crippen molar-refractivity contribution in [1.82, 2.24) is 0 Å². The Bertz CT molecular complexity index is 546. The predicted octanol–water partition coefficient (Wildman–Crippen LogP) is 4.91. The Morgan fingerprint density at radius 3 is 2.32 bits per heavy atom. The van der Waals surface area contributed by atoms with E-state index in [4.69, 9.17) is 4.74 Å². The van der Waals surface area contributed by atoms with E-state index in [1.54, 1.807) is 0 Å². The van der Waals surface area contributed by atoms with Crippen molar-refractivity contribution in [2.24, 2.45) is 5.41 Å². The van der Waals surface area contributed by atoms with Crippen LogP contribution in [0.2, 0.25) is 0 Å². The summed E-state index contributed by atoms with van der Waals surface area (Å²) in [7, 11) is 0. The zero-order chi connectivity index (χ0) is 13.1. The number of hydrogen-bond acceptors (Lipinski definition) is 1. The van der Waals surface area contributed by atoms with Crippen molar-refractivity contribution in [2.75, 3.05) is 11.9 Å². The van der Waals surface area contributed by atoms with Gasteiger partial charge in [0.05, 0.1) is 6.61 Å². The van der Waals surface area contributed by atoms with Crippen LogP contribution in [0.15, 0.2) is 54.6 Å². The lowest BCUT2D eigenvalue weighted by Crippen LogP contribution is -2.14. The van der Waals surface area contributed by atoms with Crippen LogP contribution >= 0.6 is 15.9 Å². The Hall–Kier alpha value is -1.28. The van der Waals surface area contributed by atoms with Gasteiger partial charge in [0.15, 0.2) is 0 Å². The molecule has 1 nitrogen and oxygen atoms in total. The smallest absolute Gasteiger partial charge is 0.127 e. The highest BCUT2D eigenvalue weighted by Crippen LogP contribution is 2.47. The summed E-state index contributed by atoms with van der Waals surface area (Å²) < 4.78 is 6.08. The lowest BCUT2D eigenvalue weighted by molar-refractivity contribution is 0.252. The van der Waals surface area contributed by atoms with E-state index in [2.05, 4.69) is 58.4 Å². The van der Waals surface area contributed by atoms with E-state index in [0.29, 0.717) is 5.41 Å². The molecular formula is C17H17BrO. The SMILES string of the molecule is BrCC1(COc2ccccc2-c2ccccc2)CC1. The molecule has 2 aromatic carbocycles. The molecule has 98 valence electrons. The molecule has 1 saturated carbocycles. The van der Waals surface area contributed by atoms with E-state index in [1.165, 1.54) is 24.0 Å². The Kier molecular flexibility index (Phi) is 3.61. The van der Waals surface area contributed by atoms with Crippen LogP contribution in [0, 0.1) is 5.41 Å². The number of halogens is 1. The minimum Gasteiger partial charge on any atom is -0.492 e. The summed E-state index contributed by atoms with van der Waals surface area (Å²) in [5.74, 6) is 0.987. The van der Waals surface area contributed by atoms with E-state index >= 15 is 0 Å². The standard InChI is InChI=1S/C17H17BrO/c18-12-17(10-11-17)13-19-16-9-5-4-8-15(16)14-6-2-1-3-7-14/h1-9H,10-13H2. The quantitative estimate of drug-likeness (QED) is 0.712. The van der Waals surface area contributed by atoms with Crippen LogP contribution in [0.5, 0.6) is 5.75 Å². The summed E-state index contributed by atoms with van der Waals surface area (Å²) in [6.07, 6.45) is 2.54. The fraction of sp³-hybridized carbons (Fsp3) is 0.294. The summed E-state index contributed by atoms with van der Waals surface area (Å²) in [6.45, 7) is 0.808. The monoisotopic (exact) mass is 316 g/mol. The van der Waals surface area contributed by atoms with Crippen LogP contribution in [0.3, 0.4) is 0 Å². The molecule has 2 heteroatoms. The third kappa shape index (κ3) is 2.84. The molecule has 1 aliphatic carbocycles. The van der Waals surface area contributed by atoms with Crippen molar-refractivity contribution in [1.29, 1.82) is 0 Å². The van der Waals surface area contributed by atoms with Gasteiger partial charge in [-0.1, -0.05) is 64.5 Å². The molecule has 0 spiro atoms. The van der Waals surface area contributed by atoms with E-state index in [1.807, 2.05) is 12.1 Å². The first-order chi connectivity index (χ1) is 9.33. The maximum absolute atomic E-state index is 6.08. The highest BCUT2D eigenvalue weighted by molar-refractivity contribution is 9.09. The number of ether oxygens (including phenoxy) is 1. The second-order valence-electron chi connectivity index (χ2n) is 5.28. The van der Waals surface area contributed by atoms with E-state index in [9.17, 15) is 0 Å². The maximum Gasteiger partial charge on any atom is 0.127 e. The van der Waals surface area contributed by atoms with Crippen molar-refractivity contribution < 1.29 is 4.74 Å². The maximum atomic E-state index is 6.08. The normalized spacial score (nSPS) is 16.1. The molecule has 3 rings (SSSR count).